The van der Waals surface area contributed by atoms with Gasteiger partial charge in [-0.1, -0.05) is 26.0 Å². The normalized spacial score (nSPS) is 20.3. The van der Waals surface area contributed by atoms with E-state index in [0.29, 0.717) is 23.9 Å². The molecule has 1 unspecified atom stereocenters. The second-order valence-corrected chi connectivity index (χ2v) is 8.11. The highest BCUT2D eigenvalue weighted by Gasteiger charge is 2.34. The van der Waals surface area contributed by atoms with Crippen LogP contribution in [-0.4, -0.2) is 31.9 Å². The summed E-state index contributed by atoms with van der Waals surface area (Å²) < 4.78 is 26.9. The molecule has 1 atom stereocenters. The Morgan fingerprint density at radius 1 is 1.29 bits per heavy atom. The maximum absolute atomic E-state index is 12.7. The van der Waals surface area contributed by atoms with Gasteiger partial charge in [0.2, 0.25) is 10.0 Å². The van der Waals surface area contributed by atoms with Crippen molar-refractivity contribution in [2.24, 2.45) is 11.7 Å². The summed E-state index contributed by atoms with van der Waals surface area (Å²) in [5.74, 6) is 0.656. The number of aryl methyl sites for hydroxylation is 1. The van der Waals surface area contributed by atoms with Crippen LogP contribution < -0.4 is 5.73 Å². The van der Waals surface area contributed by atoms with Crippen molar-refractivity contribution < 1.29 is 8.42 Å². The molecular weight excluding hydrogens is 284 g/mol. The number of hydrogen-bond donors (Lipinski definition) is 1. The molecule has 1 fully saturated rings. The molecule has 1 aromatic carbocycles. The molecule has 0 aliphatic carbocycles. The van der Waals surface area contributed by atoms with Crippen LogP contribution in [0.3, 0.4) is 0 Å². The molecule has 4 nitrogen and oxygen atoms in total. The van der Waals surface area contributed by atoms with Crippen LogP contribution >= 0.6 is 0 Å². The smallest absolute Gasteiger partial charge is 0.243 e. The molecule has 1 saturated heterocycles. The van der Waals surface area contributed by atoms with Gasteiger partial charge in [0.25, 0.3) is 0 Å². The highest BCUT2D eigenvalue weighted by atomic mass is 32.2. The third-order valence-electron chi connectivity index (χ3n) is 4.14. The van der Waals surface area contributed by atoms with Crippen molar-refractivity contribution in [3.63, 3.8) is 0 Å². The maximum atomic E-state index is 12.7. The average Bonchev–Trinajstić information content (AvgIpc) is 2.94. The van der Waals surface area contributed by atoms with Crippen LogP contribution in [-0.2, 0) is 16.4 Å². The summed E-state index contributed by atoms with van der Waals surface area (Å²) in [6.45, 7) is 5.36. The average molecular weight is 310 g/mol. The minimum atomic E-state index is -3.39. The number of sulfonamides is 1. The van der Waals surface area contributed by atoms with Crippen molar-refractivity contribution in [3.8, 4) is 0 Å². The van der Waals surface area contributed by atoms with Crippen LogP contribution in [0.4, 0.5) is 0 Å². The van der Waals surface area contributed by atoms with E-state index in [1.807, 2.05) is 12.1 Å². The zero-order valence-electron chi connectivity index (χ0n) is 13.0. The summed E-state index contributed by atoms with van der Waals surface area (Å²) in [5, 5.41) is 0. The molecule has 0 bridgehead atoms. The first kappa shape index (κ1) is 16.5. The summed E-state index contributed by atoms with van der Waals surface area (Å²) in [6.07, 6.45) is 3.87. The van der Waals surface area contributed by atoms with Crippen LogP contribution in [0.1, 0.15) is 38.7 Å². The Morgan fingerprint density at radius 3 is 2.52 bits per heavy atom. The predicted octanol–water partition coefficient (Wildman–Crippen LogP) is 2.39. The predicted molar refractivity (Wildman–Crippen MR) is 85.6 cm³/mol. The van der Waals surface area contributed by atoms with E-state index in [0.717, 1.165) is 25.7 Å². The van der Waals surface area contributed by atoms with E-state index in [9.17, 15) is 8.42 Å². The summed E-state index contributed by atoms with van der Waals surface area (Å²) in [7, 11) is -3.39. The Kier molecular flexibility index (Phi) is 5.41. The molecule has 1 heterocycles. The van der Waals surface area contributed by atoms with Gasteiger partial charge in [-0.2, -0.15) is 4.31 Å². The monoisotopic (exact) mass is 310 g/mol. The number of nitrogens with zero attached hydrogens (tertiary/aromatic N) is 1. The summed E-state index contributed by atoms with van der Waals surface area (Å²) in [5.41, 5.74) is 6.88. The van der Waals surface area contributed by atoms with Crippen molar-refractivity contribution in [2.45, 2.75) is 50.5 Å². The highest BCUT2D eigenvalue weighted by molar-refractivity contribution is 7.89. The van der Waals surface area contributed by atoms with Crippen molar-refractivity contribution in [1.29, 1.82) is 0 Å². The second-order valence-electron chi connectivity index (χ2n) is 6.22. The molecule has 2 N–H and O–H groups in total. The van der Waals surface area contributed by atoms with E-state index in [4.69, 9.17) is 5.73 Å². The van der Waals surface area contributed by atoms with Crippen LogP contribution in [0.2, 0.25) is 0 Å². The van der Waals surface area contributed by atoms with E-state index in [-0.39, 0.29) is 6.04 Å². The maximum Gasteiger partial charge on any atom is 0.243 e. The fraction of sp³-hybridized carbons (Fsp3) is 0.625. The van der Waals surface area contributed by atoms with Gasteiger partial charge in [0.05, 0.1) is 4.90 Å². The zero-order chi connectivity index (χ0) is 15.5. The summed E-state index contributed by atoms with van der Waals surface area (Å²) in [4.78, 5) is 0.385. The van der Waals surface area contributed by atoms with Gasteiger partial charge in [0.15, 0.2) is 0 Å². The van der Waals surface area contributed by atoms with Crippen molar-refractivity contribution in [2.75, 3.05) is 13.1 Å². The number of hydrogen-bond acceptors (Lipinski definition) is 3. The van der Waals surface area contributed by atoms with Gasteiger partial charge in [0.1, 0.15) is 0 Å². The fourth-order valence-electron chi connectivity index (χ4n) is 2.78. The van der Waals surface area contributed by atoms with Gasteiger partial charge >= 0.3 is 0 Å². The molecule has 1 aliphatic rings. The first-order valence-electron chi connectivity index (χ1n) is 7.76. The Labute approximate surface area is 128 Å². The van der Waals surface area contributed by atoms with Crippen LogP contribution in [0.25, 0.3) is 0 Å². The van der Waals surface area contributed by atoms with Crippen molar-refractivity contribution >= 4 is 10.0 Å². The van der Waals surface area contributed by atoms with Gasteiger partial charge in [-0.05, 0) is 49.3 Å². The standard InChI is InChI=1S/C16H26N2O2S/c1-13(2)5-6-14-7-9-16(10-8-14)21(19,20)18-11-3-4-15(18)12-17/h7-10,13,15H,3-6,11-12,17H2,1-2H3. The molecule has 1 aliphatic heterocycles. The van der Waals surface area contributed by atoms with Crippen molar-refractivity contribution in [3.05, 3.63) is 29.8 Å². The molecule has 0 saturated carbocycles. The Morgan fingerprint density at radius 2 is 1.95 bits per heavy atom. The van der Waals surface area contributed by atoms with E-state index in [2.05, 4.69) is 13.8 Å². The molecule has 1 aromatic rings. The van der Waals surface area contributed by atoms with Gasteiger partial charge in [0, 0.05) is 19.1 Å². The van der Waals surface area contributed by atoms with Gasteiger partial charge in [-0.15, -0.1) is 0 Å². The van der Waals surface area contributed by atoms with Crippen LogP contribution in [0, 0.1) is 5.92 Å². The van der Waals surface area contributed by atoms with Gasteiger partial charge in [-0.3, -0.25) is 0 Å². The fourth-order valence-corrected chi connectivity index (χ4v) is 4.48. The molecule has 21 heavy (non-hydrogen) atoms. The Hall–Kier alpha value is -0.910. The topological polar surface area (TPSA) is 63.4 Å². The quantitative estimate of drug-likeness (QED) is 0.877. The molecule has 0 spiro atoms. The van der Waals surface area contributed by atoms with E-state index in [1.54, 1.807) is 16.4 Å². The van der Waals surface area contributed by atoms with Gasteiger partial charge < -0.3 is 5.73 Å². The third kappa shape index (κ3) is 3.84. The molecule has 5 heteroatoms. The first-order chi connectivity index (χ1) is 9.95. The first-order valence-corrected chi connectivity index (χ1v) is 9.20. The van der Waals surface area contributed by atoms with Crippen LogP contribution in [0.15, 0.2) is 29.2 Å². The lowest BCUT2D eigenvalue weighted by molar-refractivity contribution is 0.393. The molecule has 2 rings (SSSR count). The minimum absolute atomic E-state index is 0.0457. The summed E-state index contributed by atoms with van der Waals surface area (Å²) >= 11 is 0. The molecule has 118 valence electrons. The Bertz CT molecular complexity index is 552. The third-order valence-corrected chi connectivity index (χ3v) is 6.10. The minimum Gasteiger partial charge on any atom is -0.329 e. The highest BCUT2D eigenvalue weighted by Crippen LogP contribution is 2.25. The van der Waals surface area contributed by atoms with Gasteiger partial charge in [-0.25, -0.2) is 8.42 Å². The second kappa shape index (κ2) is 6.90. The van der Waals surface area contributed by atoms with Crippen LogP contribution in [0.5, 0.6) is 0 Å². The lowest BCUT2D eigenvalue weighted by Crippen LogP contribution is -2.39. The zero-order valence-corrected chi connectivity index (χ0v) is 13.8. The molecule has 0 aromatic heterocycles. The van der Waals surface area contributed by atoms with E-state index in [1.165, 1.54) is 5.56 Å². The molecular formula is C16H26N2O2S. The summed E-state index contributed by atoms with van der Waals surface area (Å²) in [6, 6.07) is 7.29. The number of rotatable bonds is 6. The lowest BCUT2D eigenvalue weighted by Gasteiger charge is -2.22. The van der Waals surface area contributed by atoms with E-state index >= 15 is 0 Å². The Balaban J connectivity index is 2.13. The number of benzene rings is 1. The largest absolute Gasteiger partial charge is 0.329 e. The van der Waals surface area contributed by atoms with Crippen molar-refractivity contribution in [1.82, 2.24) is 4.31 Å². The number of nitrogens with two attached hydrogens (primary N) is 1. The molecule has 0 radical (unpaired) electrons. The molecule has 0 amide bonds. The lowest BCUT2D eigenvalue weighted by atomic mass is 10.0. The SMILES string of the molecule is CC(C)CCc1ccc(S(=O)(=O)N2CCCC2CN)cc1. The van der Waals surface area contributed by atoms with E-state index < -0.39 is 10.0 Å².